The molecule has 0 bridgehead atoms. The molecule has 1 heterocycles. The standard InChI is InChI=1S/C48H86O12S/c1-3-5-7-9-11-13-15-17-19-20-21-22-23-25-26-28-30-32-34-36-43(49)57-38-41(39-58-48-47(53)46(52)45(51)42(60-48)40-61(54,55)56)59-44(50)37-35-33-31-29-27-24-18-16-14-12-10-8-6-4-2/h11,13,16-19,41-42,45-48,51-53H,3-10,12,14-15,20-40H2,1-2H3,(H,54,55,56)/b13-11+,18-16+,19-17+/t41-,42-,45-,46?,47?,48+/m1/s1. The zero-order chi connectivity index (χ0) is 44.8. The quantitative estimate of drug-likeness (QED) is 0.0198. The Morgan fingerprint density at radius 2 is 0.984 bits per heavy atom. The lowest BCUT2D eigenvalue weighted by molar-refractivity contribution is -0.297. The van der Waals surface area contributed by atoms with Gasteiger partial charge in [-0.1, -0.05) is 153 Å². The van der Waals surface area contributed by atoms with Crippen molar-refractivity contribution in [1.29, 1.82) is 0 Å². The molecule has 0 aromatic rings. The molecule has 61 heavy (non-hydrogen) atoms. The second-order valence-corrected chi connectivity index (χ2v) is 18.3. The highest BCUT2D eigenvalue weighted by Crippen LogP contribution is 2.24. The van der Waals surface area contributed by atoms with E-state index in [2.05, 4.69) is 50.3 Å². The molecule has 12 nitrogen and oxygen atoms in total. The van der Waals surface area contributed by atoms with Crippen molar-refractivity contribution >= 4 is 22.1 Å². The van der Waals surface area contributed by atoms with Crippen molar-refractivity contribution in [2.75, 3.05) is 19.0 Å². The molecule has 1 saturated heterocycles. The zero-order valence-electron chi connectivity index (χ0n) is 38.0. The molecule has 0 saturated carbocycles. The van der Waals surface area contributed by atoms with Gasteiger partial charge < -0.3 is 34.3 Å². The molecule has 356 valence electrons. The molecule has 13 heteroatoms. The highest BCUT2D eigenvalue weighted by Gasteiger charge is 2.46. The van der Waals surface area contributed by atoms with Crippen LogP contribution in [-0.4, -0.2) is 96.0 Å². The number of hydrogen-bond acceptors (Lipinski definition) is 11. The Morgan fingerprint density at radius 3 is 1.49 bits per heavy atom. The molecular formula is C48H86O12S. The molecule has 0 amide bonds. The van der Waals surface area contributed by atoms with Crippen molar-refractivity contribution in [2.24, 2.45) is 0 Å². The molecule has 0 spiro atoms. The number of unbranched alkanes of at least 4 members (excludes halogenated alkanes) is 22. The van der Waals surface area contributed by atoms with E-state index in [4.69, 9.17) is 18.9 Å². The number of esters is 2. The Balaban J connectivity index is 2.41. The van der Waals surface area contributed by atoms with E-state index in [1.165, 1.54) is 89.9 Å². The molecule has 0 aliphatic carbocycles. The maximum atomic E-state index is 12.8. The minimum Gasteiger partial charge on any atom is -0.462 e. The number of rotatable bonds is 40. The molecule has 2 unspecified atom stereocenters. The van der Waals surface area contributed by atoms with E-state index < -0.39 is 71.2 Å². The third-order valence-electron chi connectivity index (χ3n) is 10.9. The van der Waals surface area contributed by atoms with Crippen LogP contribution in [0.1, 0.15) is 200 Å². The summed E-state index contributed by atoms with van der Waals surface area (Å²) in [5, 5.41) is 30.9. The molecule has 1 rings (SSSR count). The Labute approximate surface area is 370 Å². The second kappa shape index (κ2) is 38.3. The van der Waals surface area contributed by atoms with Gasteiger partial charge in [-0.3, -0.25) is 14.1 Å². The summed E-state index contributed by atoms with van der Waals surface area (Å²) >= 11 is 0. The minimum atomic E-state index is -4.60. The van der Waals surface area contributed by atoms with Gasteiger partial charge in [0.05, 0.1) is 6.61 Å². The number of carbonyl (C=O) groups is 2. The maximum absolute atomic E-state index is 12.8. The first-order chi connectivity index (χ1) is 29.5. The Kier molecular flexibility index (Phi) is 35.8. The van der Waals surface area contributed by atoms with E-state index in [0.717, 1.165) is 70.6 Å². The Bertz CT molecular complexity index is 1270. The van der Waals surface area contributed by atoms with Gasteiger partial charge in [0, 0.05) is 12.8 Å². The van der Waals surface area contributed by atoms with Crippen LogP contribution in [-0.2, 0) is 38.7 Å². The van der Waals surface area contributed by atoms with Crippen molar-refractivity contribution in [3.63, 3.8) is 0 Å². The first-order valence-electron chi connectivity index (χ1n) is 24.0. The highest BCUT2D eigenvalue weighted by molar-refractivity contribution is 7.85. The van der Waals surface area contributed by atoms with E-state index >= 15 is 0 Å². The predicted molar refractivity (Wildman–Crippen MR) is 243 cm³/mol. The molecule has 1 aliphatic rings. The summed E-state index contributed by atoms with van der Waals surface area (Å²) in [5.74, 6) is -2.00. The molecule has 4 N–H and O–H groups in total. The third-order valence-corrected chi connectivity index (χ3v) is 11.7. The summed E-state index contributed by atoms with van der Waals surface area (Å²) in [5.41, 5.74) is 0. The van der Waals surface area contributed by atoms with Crippen LogP contribution in [0, 0.1) is 0 Å². The second-order valence-electron chi connectivity index (χ2n) is 16.8. The van der Waals surface area contributed by atoms with Crippen molar-refractivity contribution in [1.82, 2.24) is 0 Å². The van der Waals surface area contributed by atoms with Gasteiger partial charge in [-0.25, -0.2) is 0 Å². The van der Waals surface area contributed by atoms with Gasteiger partial charge in [0.1, 0.15) is 36.8 Å². The normalized spacial score (nSPS) is 20.3. The van der Waals surface area contributed by atoms with Crippen molar-refractivity contribution < 1.29 is 56.8 Å². The Hall–Kier alpha value is -2.13. The fraction of sp³-hybridized carbons (Fsp3) is 0.833. The van der Waals surface area contributed by atoms with Crippen LogP contribution < -0.4 is 0 Å². The molecular weight excluding hydrogens is 801 g/mol. The van der Waals surface area contributed by atoms with E-state index in [9.17, 15) is 37.9 Å². The summed E-state index contributed by atoms with van der Waals surface area (Å²) in [6.07, 6.45) is 34.7. The van der Waals surface area contributed by atoms with Gasteiger partial charge in [0.25, 0.3) is 10.1 Å². The summed E-state index contributed by atoms with van der Waals surface area (Å²) in [4.78, 5) is 25.4. The van der Waals surface area contributed by atoms with Crippen LogP contribution in [0.3, 0.4) is 0 Å². The number of aliphatic hydroxyl groups is 3. The lowest BCUT2D eigenvalue weighted by atomic mass is 10.00. The van der Waals surface area contributed by atoms with Gasteiger partial charge in [-0.05, 0) is 70.6 Å². The molecule has 0 radical (unpaired) electrons. The van der Waals surface area contributed by atoms with E-state index in [1.54, 1.807) is 0 Å². The lowest BCUT2D eigenvalue weighted by Crippen LogP contribution is -2.60. The lowest BCUT2D eigenvalue weighted by Gasteiger charge is -2.40. The van der Waals surface area contributed by atoms with Crippen LogP contribution in [0.2, 0.25) is 0 Å². The fourth-order valence-electron chi connectivity index (χ4n) is 7.17. The van der Waals surface area contributed by atoms with Crippen LogP contribution in [0.15, 0.2) is 36.5 Å². The van der Waals surface area contributed by atoms with E-state index in [0.29, 0.717) is 12.8 Å². The van der Waals surface area contributed by atoms with E-state index in [1.807, 2.05) is 0 Å². The summed E-state index contributed by atoms with van der Waals surface area (Å²) in [7, 11) is -4.60. The predicted octanol–water partition coefficient (Wildman–Crippen LogP) is 10.2. The van der Waals surface area contributed by atoms with Crippen LogP contribution >= 0.6 is 0 Å². The molecule has 6 atom stereocenters. The SMILES string of the molecule is CCCCC/C=C/C/C=C/CCCCCCCCCCCC(=O)OC[C@H](CO[C@H]1O[C@H](CS(=O)(=O)O)[C@@H](O)C(O)C1O)OC(=O)CCCCCCC/C=C/CCCCCCC. The number of hydrogen-bond donors (Lipinski definition) is 4. The minimum absolute atomic E-state index is 0.154. The monoisotopic (exact) mass is 887 g/mol. The smallest absolute Gasteiger partial charge is 0.306 e. The Morgan fingerprint density at radius 1 is 0.557 bits per heavy atom. The third kappa shape index (κ3) is 33.1. The average molecular weight is 887 g/mol. The van der Waals surface area contributed by atoms with E-state index in [-0.39, 0.29) is 19.4 Å². The maximum Gasteiger partial charge on any atom is 0.306 e. The number of aliphatic hydroxyl groups excluding tert-OH is 3. The van der Waals surface area contributed by atoms with Crippen molar-refractivity contribution in [3.05, 3.63) is 36.5 Å². The number of ether oxygens (including phenoxy) is 4. The summed E-state index contributed by atoms with van der Waals surface area (Å²) in [6, 6.07) is 0. The van der Waals surface area contributed by atoms with Gasteiger partial charge in [-0.15, -0.1) is 0 Å². The van der Waals surface area contributed by atoms with Gasteiger partial charge in [0.2, 0.25) is 0 Å². The molecule has 1 aliphatic heterocycles. The van der Waals surface area contributed by atoms with Crippen LogP contribution in [0.5, 0.6) is 0 Å². The van der Waals surface area contributed by atoms with Gasteiger partial charge >= 0.3 is 11.9 Å². The largest absolute Gasteiger partial charge is 0.462 e. The highest BCUT2D eigenvalue weighted by atomic mass is 32.2. The van der Waals surface area contributed by atoms with Gasteiger partial charge in [0.15, 0.2) is 12.4 Å². The molecule has 0 aromatic heterocycles. The van der Waals surface area contributed by atoms with Crippen LogP contribution in [0.4, 0.5) is 0 Å². The van der Waals surface area contributed by atoms with Crippen molar-refractivity contribution in [2.45, 2.75) is 237 Å². The fourth-order valence-corrected chi connectivity index (χ4v) is 7.86. The topological polar surface area (TPSA) is 186 Å². The average Bonchev–Trinajstić information content (AvgIpc) is 3.22. The number of carbonyl (C=O) groups excluding carboxylic acids is 2. The molecule has 0 aromatic carbocycles. The molecule has 1 fully saturated rings. The summed E-state index contributed by atoms with van der Waals surface area (Å²) in [6.45, 7) is 3.72. The summed E-state index contributed by atoms with van der Waals surface area (Å²) < 4.78 is 54.1. The van der Waals surface area contributed by atoms with Crippen molar-refractivity contribution in [3.8, 4) is 0 Å². The zero-order valence-corrected chi connectivity index (χ0v) is 38.8. The first kappa shape index (κ1) is 56.9. The van der Waals surface area contributed by atoms with Crippen LogP contribution in [0.25, 0.3) is 0 Å². The first-order valence-corrected chi connectivity index (χ1v) is 25.7. The number of allylic oxidation sites excluding steroid dienone is 6. The van der Waals surface area contributed by atoms with Gasteiger partial charge in [-0.2, -0.15) is 8.42 Å².